The number of carbonyl (C=O) groups excluding carboxylic acids is 1. The minimum absolute atomic E-state index is 0.0599. The fourth-order valence-corrected chi connectivity index (χ4v) is 2.63. The molecule has 1 aliphatic rings. The third-order valence-corrected chi connectivity index (χ3v) is 3.98. The summed E-state index contributed by atoms with van der Waals surface area (Å²) in [5.74, 6) is 0.126. The third kappa shape index (κ3) is 5.43. The van der Waals surface area contributed by atoms with Crippen LogP contribution >= 0.6 is 0 Å². The molecule has 1 amide bonds. The zero-order valence-corrected chi connectivity index (χ0v) is 12.3. The van der Waals surface area contributed by atoms with Crippen LogP contribution in [0.4, 0.5) is 0 Å². The molecule has 0 bridgehead atoms. The van der Waals surface area contributed by atoms with Crippen LogP contribution in [-0.2, 0) is 15.0 Å². The van der Waals surface area contributed by atoms with E-state index in [1.807, 2.05) is 13.8 Å². The average Bonchev–Trinajstić information content (AvgIpc) is 2.34. The summed E-state index contributed by atoms with van der Waals surface area (Å²) in [6.45, 7) is 5.30. The second-order valence-electron chi connectivity index (χ2n) is 5.46. The molecule has 5 N–H and O–H groups in total. The van der Waals surface area contributed by atoms with Gasteiger partial charge in [-0.05, 0) is 24.7 Å². The Morgan fingerprint density at radius 3 is 2.63 bits per heavy atom. The van der Waals surface area contributed by atoms with Gasteiger partial charge in [-0.15, -0.1) is 0 Å². The Bertz CT molecular complexity index is 410. The van der Waals surface area contributed by atoms with Gasteiger partial charge in [0, 0.05) is 19.6 Å². The van der Waals surface area contributed by atoms with Crippen LogP contribution in [0, 0.1) is 11.8 Å². The summed E-state index contributed by atoms with van der Waals surface area (Å²) >= 11 is 0. The Morgan fingerprint density at radius 1 is 1.47 bits per heavy atom. The lowest BCUT2D eigenvalue weighted by atomic mass is 9.96. The van der Waals surface area contributed by atoms with Gasteiger partial charge in [0.1, 0.15) is 0 Å². The maximum atomic E-state index is 12.1. The maximum absolute atomic E-state index is 12.1. The first-order valence-corrected chi connectivity index (χ1v) is 8.07. The number of hydrogen-bond acceptors (Lipinski definition) is 4. The summed E-state index contributed by atoms with van der Waals surface area (Å²) in [4.78, 5) is 13.8. The van der Waals surface area contributed by atoms with Crippen LogP contribution in [0.25, 0.3) is 0 Å². The summed E-state index contributed by atoms with van der Waals surface area (Å²) in [6.07, 6.45) is 1.73. The van der Waals surface area contributed by atoms with Crippen LogP contribution in [0.5, 0.6) is 0 Å². The van der Waals surface area contributed by atoms with E-state index < -0.39 is 16.3 Å². The van der Waals surface area contributed by atoms with E-state index in [-0.39, 0.29) is 24.3 Å². The molecule has 1 fully saturated rings. The van der Waals surface area contributed by atoms with Gasteiger partial charge in [0.2, 0.25) is 5.91 Å². The van der Waals surface area contributed by atoms with E-state index in [0.29, 0.717) is 13.1 Å². The molecule has 0 aromatic carbocycles. The highest BCUT2D eigenvalue weighted by atomic mass is 32.2. The molecular formula is C11H24N4O3S. The van der Waals surface area contributed by atoms with Crippen molar-refractivity contribution in [2.45, 2.75) is 32.7 Å². The van der Waals surface area contributed by atoms with Crippen molar-refractivity contribution < 1.29 is 13.2 Å². The number of nitrogens with one attached hydrogen (secondary N) is 1. The Kier molecular flexibility index (Phi) is 5.72. The SMILES string of the molecule is CC(C)[C@H](N)C(=O)N1CCCC(CNS(N)(=O)=O)C1. The largest absolute Gasteiger partial charge is 0.341 e. The topological polar surface area (TPSA) is 119 Å². The third-order valence-electron chi connectivity index (χ3n) is 3.41. The van der Waals surface area contributed by atoms with Gasteiger partial charge in [0.25, 0.3) is 10.2 Å². The fraction of sp³-hybridized carbons (Fsp3) is 0.909. The van der Waals surface area contributed by atoms with E-state index in [1.165, 1.54) is 0 Å². The smallest absolute Gasteiger partial charge is 0.274 e. The number of piperidine rings is 1. The van der Waals surface area contributed by atoms with Crippen molar-refractivity contribution >= 4 is 16.1 Å². The van der Waals surface area contributed by atoms with Crippen LogP contribution in [0.3, 0.4) is 0 Å². The molecule has 1 unspecified atom stereocenters. The molecule has 1 saturated heterocycles. The van der Waals surface area contributed by atoms with Gasteiger partial charge in [-0.3, -0.25) is 4.79 Å². The van der Waals surface area contributed by atoms with E-state index >= 15 is 0 Å². The highest BCUT2D eigenvalue weighted by Gasteiger charge is 2.28. The molecule has 0 saturated carbocycles. The molecule has 0 radical (unpaired) electrons. The lowest BCUT2D eigenvalue weighted by Gasteiger charge is -2.35. The minimum atomic E-state index is -3.67. The van der Waals surface area contributed by atoms with Crippen LogP contribution in [-0.4, -0.2) is 44.9 Å². The van der Waals surface area contributed by atoms with Gasteiger partial charge in [-0.25, -0.2) is 9.86 Å². The first kappa shape index (κ1) is 16.4. The van der Waals surface area contributed by atoms with Gasteiger partial charge >= 0.3 is 0 Å². The van der Waals surface area contributed by atoms with Crippen LogP contribution in [0.1, 0.15) is 26.7 Å². The van der Waals surface area contributed by atoms with Crippen molar-refractivity contribution in [1.82, 2.24) is 9.62 Å². The predicted molar refractivity (Wildman–Crippen MR) is 73.2 cm³/mol. The van der Waals surface area contributed by atoms with Gasteiger partial charge in [0.15, 0.2) is 0 Å². The van der Waals surface area contributed by atoms with Crippen molar-refractivity contribution in [1.29, 1.82) is 0 Å². The Labute approximate surface area is 114 Å². The summed E-state index contributed by atoms with van der Waals surface area (Å²) < 4.78 is 24.0. The van der Waals surface area contributed by atoms with E-state index in [0.717, 1.165) is 12.8 Å². The van der Waals surface area contributed by atoms with Gasteiger partial charge in [-0.1, -0.05) is 13.8 Å². The van der Waals surface area contributed by atoms with E-state index in [2.05, 4.69) is 4.72 Å². The summed E-state index contributed by atoms with van der Waals surface area (Å²) in [6, 6.07) is -0.495. The predicted octanol–water partition coefficient (Wildman–Crippen LogP) is -0.999. The molecule has 8 heteroatoms. The molecular weight excluding hydrogens is 268 g/mol. The molecule has 112 valence electrons. The number of rotatable bonds is 5. The number of carbonyl (C=O) groups is 1. The zero-order valence-electron chi connectivity index (χ0n) is 11.5. The standard InChI is InChI=1S/C11H24N4O3S/c1-8(2)10(12)11(16)15-5-3-4-9(7-15)6-14-19(13,17)18/h8-10,14H,3-7,12H2,1-2H3,(H2,13,17,18)/t9?,10-/m0/s1. The van der Waals surface area contributed by atoms with Crippen LogP contribution in [0.2, 0.25) is 0 Å². The minimum Gasteiger partial charge on any atom is -0.341 e. The zero-order chi connectivity index (χ0) is 14.6. The molecule has 7 nitrogen and oxygen atoms in total. The molecule has 1 aliphatic heterocycles. The van der Waals surface area contributed by atoms with Crippen molar-refractivity contribution in [3.05, 3.63) is 0 Å². The molecule has 0 aliphatic carbocycles. The first-order valence-electron chi connectivity index (χ1n) is 6.52. The molecule has 2 atom stereocenters. The highest BCUT2D eigenvalue weighted by Crippen LogP contribution is 2.17. The molecule has 0 aromatic heterocycles. The lowest BCUT2D eigenvalue weighted by Crippen LogP contribution is -2.51. The number of likely N-dealkylation sites (tertiary alicyclic amines) is 1. The van der Waals surface area contributed by atoms with Gasteiger partial charge in [-0.2, -0.15) is 8.42 Å². The summed E-state index contributed by atoms with van der Waals surface area (Å²) in [5, 5.41) is 4.90. The Morgan fingerprint density at radius 2 is 2.11 bits per heavy atom. The molecule has 0 spiro atoms. The highest BCUT2D eigenvalue weighted by molar-refractivity contribution is 7.87. The van der Waals surface area contributed by atoms with Crippen molar-refractivity contribution in [2.75, 3.05) is 19.6 Å². The van der Waals surface area contributed by atoms with Crippen LogP contribution in [0.15, 0.2) is 0 Å². The number of amides is 1. The van der Waals surface area contributed by atoms with Crippen molar-refractivity contribution in [3.63, 3.8) is 0 Å². The second-order valence-corrected chi connectivity index (χ2v) is 6.83. The van der Waals surface area contributed by atoms with E-state index in [9.17, 15) is 13.2 Å². The van der Waals surface area contributed by atoms with E-state index in [4.69, 9.17) is 10.9 Å². The fourth-order valence-electron chi connectivity index (χ4n) is 2.16. The summed E-state index contributed by atoms with van der Waals surface area (Å²) in [5.41, 5.74) is 5.86. The molecule has 1 rings (SSSR count). The monoisotopic (exact) mass is 292 g/mol. The van der Waals surface area contributed by atoms with Crippen molar-refractivity contribution in [2.24, 2.45) is 22.7 Å². The van der Waals surface area contributed by atoms with Crippen LogP contribution < -0.4 is 15.6 Å². The number of nitrogens with zero attached hydrogens (tertiary/aromatic N) is 1. The number of hydrogen-bond donors (Lipinski definition) is 3. The van der Waals surface area contributed by atoms with Gasteiger partial charge < -0.3 is 10.6 Å². The summed E-state index contributed by atoms with van der Waals surface area (Å²) in [7, 11) is -3.67. The maximum Gasteiger partial charge on any atom is 0.274 e. The first-order chi connectivity index (χ1) is 8.70. The quantitative estimate of drug-likeness (QED) is 0.602. The lowest BCUT2D eigenvalue weighted by molar-refractivity contribution is -0.135. The normalized spacial score (nSPS) is 22.6. The Balaban J connectivity index is 2.52. The molecule has 0 aromatic rings. The van der Waals surface area contributed by atoms with E-state index in [1.54, 1.807) is 4.90 Å². The second kappa shape index (κ2) is 6.65. The number of nitrogens with two attached hydrogens (primary N) is 2. The van der Waals surface area contributed by atoms with Crippen molar-refractivity contribution in [3.8, 4) is 0 Å². The molecule has 1 heterocycles. The molecule has 19 heavy (non-hydrogen) atoms. The Hall–Kier alpha value is -0.700. The van der Waals surface area contributed by atoms with Gasteiger partial charge in [0.05, 0.1) is 6.04 Å². The average molecular weight is 292 g/mol.